The van der Waals surface area contributed by atoms with Crippen molar-refractivity contribution in [3.05, 3.63) is 35.4 Å². The Morgan fingerprint density at radius 1 is 1.12 bits per heavy atom. The first-order chi connectivity index (χ1) is 7.64. The zero-order valence-electron chi connectivity index (χ0n) is 10.2. The molecule has 2 N–H and O–H groups in total. The maximum Gasteiger partial charge on any atom is -0.00375 e. The molecular formula is C15H21N. The second-order valence-electron chi connectivity index (χ2n) is 6.08. The van der Waals surface area contributed by atoms with Crippen LogP contribution in [0, 0.1) is 11.3 Å². The number of nitrogens with two attached hydrogens (primary N) is 1. The predicted octanol–water partition coefficient (Wildman–Crippen LogP) is 3.26. The molecular weight excluding hydrogens is 194 g/mol. The van der Waals surface area contributed by atoms with E-state index < -0.39 is 0 Å². The number of rotatable bonds is 3. The van der Waals surface area contributed by atoms with Gasteiger partial charge in [-0.3, -0.25) is 0 Å². The SMILES string of the molecule is CC1(C)[C@H](CN)[C@H]1c1ccc(C2CC2)cc1. The highest BCUT2D eigenvalue weighted by molar-refractivity contribution is 5.36. The summed E-state index contributed by atoms with van der Waals surface area (Å²) in [5, 5.41) is 0. The predicted molar refractivity (Wildman–Crippen MR) is 67.5 cm³/mol. The van der Waals surface area contributed by atoms with Crippen LogP contribution in [0.1, 0.15) is 49.7 Å². The van der Waals surface area contributed by atoms with Crippen LogP contribution in [-0.2, 0) is 0 Å². The minimum Gasteiger partial charge on any atom is -0.330 e. The lowest BCUT2D eigenvalue weighted by Gasteiger charge is -2.04. The maximum absolute atomic E-state index is 5.83. The van der Waals surface area contributed by atoms with E-state index in [2.05, 4.69) is 38.1 Å². The average Bonchev–Trinajstić information content (AvgIpc) is 3.14. The molecule has 0 spiro atoms. The van der Waals surface area contributed by atoms with E-state index in [0.717, 1.165) is 12.5 Å². The summed E-state index contributed by atoms with van der Waals surface area (Å²) in [5.74, 6) is 2.23. The first kappa shape index (κ1) is 10.3. The largest absolute Gasteiger partial charge is 0.330 e. The summed E-state index contributed by atoms with van der Waals surface area (Å²) in [6, 6.07) is 9.31. The summed E-state index contributed by atoms with van der Waals surface area (Å²) in [4.78, 5) is 0. The van der Waals surface area contributed by atoms with E-state index in [1.165, 1.54) is 24.0 Å². The minimum absolute atomic E-state index is 0.413. The molecule has 2 atom stereocenters. The van der Waals surface area contributed by atoms with E-state index >= 15 is 0 Å². The van der Waals surface area contributed by atoms with Gasteiger partial charge in [0.1, 0.15) is 0 Å². The lowest BCUT2D eigenvalue weighted by Crippen LogP contribution is -2.05. The van der Waals surface area contributed by atoms with E-state index in [-0.39, 0.29) is 0 Å². The Bertz CT molecular complexity index is 386. The Kier molecular flexibility index (Phi) is 2.16. The Hall–Kier alpha value is -0.820. The topological polar surface area (TPSA) is 26.0 Å². The number of hydrogen-bond acceptors (Lipinski definition) is 1. The average molecular weight is 215 g/mol. The fourth-order valence-electron chi connectivity index (χ4n) is 3.24. The van der Waals surface area contributed by atoms with Crippen LogP contribution >= 0.6 is 0 Å². The first-order valence-corrected chi connectivity index (χ1v) is 6.44. The van der Waals surface area contributed by atoms with Gasteiger partial charge in [0, 0.05) is 0 Å². The summed E-state index contributed by atoms with van der Waals surface area (Å²) in [7, 11) is 0. The highest BCUT2D eigenvalue weighted by Gasteiger charge is 2.57. The molecule has 3 rings (SSSR count). The number of benzene rings is 1. The van der Waals surface area contributed by atoms with Gasteiger partial charge in [0.25, 0.3) is 0 Å². The second kappa shape index (κ2) is 3.33. The van der Waals surface area contributed by atoms with Crippen LogP contribution in [-0.4, -0.2) is 6.54 Å². The summed E-state index contributed by atoms with van der Waals surface area (Å²) in [6.07, 6.45) is 2.78. The van der Waals surface area contributed by atoms with Crippen LogP contribution in [0.4, 0.5) is 0 Å². The lowest BCUT2D eigenvalue weighted by atomic mass is 10.0. The third kappa shape index (κ3) is 1.49. The molecule has 0 aliphatic heterocycles. The summed E-state index contributed by atoms with van der Waals surface area (Å²) in [6.45, 7) is 5.50. The standard InChI is InChI=1S/C15H21N/c1-15(2)13(9-16)14(15)12-7-5-11(6-8-12)10-3-4-10/h5-8,10,13-14H,3-4,9,16H2,1-2H3/t13-,14-/m1/s1. The van der Waals surface area contributed by atoms with Gasteiger partial charge in [-0.05, 0) is 53.7 Å². The summed E-state index contributed by atoms with van der Waals surface area (Å²) < 4.78 is 0. The molecule has 0 radical (unpaired) electrons. The molecule has 1 nitrogen and oxygen atoms in total. The van der Waals surface area contributed by atoms with Crippen molar-refractivity contribution in [1.29, 1.82) is 0 Å². The molecule has 16 heavy (non-hydrogen) atoms. The van der Waals surface area contributed by atoms with Gasteiger partial charge in [0.05, 0.1) is 0 Å². The Morgan fingerprint density at radius 2 is 1.69 bits per heavy atom. The third-order valence-electron chi connectivity index (χ3n) is 4.65. The molecule has 0 bridgehead atoms. The van der Waals surface area contributed by atoms with E-state index in [0.29, 0.717) is 17.3 Å². The Balaban J connectivity index is 1.80. The van der Waals surface area contributed by atoms with Crippen LogP contribution in [0.3, 0.4) is 0 Å². The first-order valence-electron chi connectivity index (χ1n) is 6.44. The molecule has 0 heterocycles. The molecule has 2 fully saturated rings. The molecule has 0 unspecified atom stereocenters. The smallest absolute Gasteiger partial charge is 0.00375 e. The highest BCUT2D eigenvalue weighted by Crippen LogP contribution is 2.63. The van der Waals surface area contributed by atoms with Crippen molar-refractivity contribution < 1.29 is 0 Å². The zero-order valence-corrected chi connectivity index (χ0v) is 10.2. The van der Waals surface area contributed by atoms with E-state index in [1.54, 1.807) is 0 Å². The van der Waals surface area contributed by atoms with Crippen LogP contribution in [0.5, 0.6) is 0 Å². The van der Waals surface area contributed by atoms with Gasteiger partial charge in [-0.1, -0.05) is 38.1 Å². The fourth-order valence-corrected chi connectivity index (χ4v) is 3.24. The van der Waals surface area contributed by atoms with Crippen LogP contribution in [0.2, 0.25) is 0 Å². The lowest BCUT2D eigenvalue weighted by molar-refractivity contribution is 0.558. The van der Waals surface area contributed by atoms with Gasteiger partial charge in [-0.2, -0.15) is 0 Å². The molecule has 0 aromatic heterocycles. The van der Waals surface area contributed by atoms with Crippen molar-refractivity contribution in [2.75, 3.05) is 6.54 Å². The molecule has 0 amide bonds. The van der Waals surface area contributed by atoms with Gasteiger partial charge in [0.2, 0.25) is 0 Å². The van der Waals surface area contributed by atoms with E-state index in [4.69, 9.17) is 5.73 Å². The molecule has 2 saturated carbocycles. The second-order valence-corrected chi connectivity index (χ2v) is 6.08. The molecule has 2 aliphatic rings. The molecule has 2 aliphatic carbocycles. The van der Waals surface area contributed by atoms with Gasteiger partial charge < -0.3 is 5.73 Å². The quantitative estimate of drug-likeness (QED) is 0.823. The fraction of sp³-hybridized carbons (Fsp3) is 0.600. The van der Waals surface area contributed by atoms with Crippen LogP contribution in [0.15, 0.2) is 24.3 Å². The molecule has 0 saturated heterocycles. The van der Waals surface area contributed by atoms with Crippen molar-refractivity contribution in [2.24, 2.45) is 17.1 Å². The van der Waals surface area contributed by atoms with Gasteiger partial charge in [-0.25, -0.2) is 0 Å². The summed E-state index contributed by atoms with van der Waals surface area (Å²) in [5.41, 5.74) is 9.26. The number of hydrogen-bond donors (Lipinski definition) is 1. The van der Waals surface area contributed by atoms with E-state index in [9.17, 15) is 0 Å². The molecule has 1 aromatic carbocycles. The van der Waals surface area contributed by atoms with Gasteiger partial charge in [0.15, 0.2) is 0 Å². The minimum atomic E-state index is 0.413. The van der Waals surface area contributed by atoms with Crippen LogP contribution in [0.25, 0.3) is 0 Å². The van der Waals surface area contributed by atoms with Gasteiger partial charge >= 0.3 is 0 Å². The molecule has 1 heteroatoms. The molecule has 1 aromatic rings. The van der Waals surface area contributed by atoms with Gasteiger partial charge in [-0.15, -0.1) is 0 Å². The van der Waals surface area contributed by atoms with E-state index in [1.807, 2.05) is 0 Å². The zero-order chi connectivity index (χ0) is 11.3. The van der Waals surface area contributed by atoms with Crippen LogP contribution < -0.4 is 5.73 Å². The van der Waals surface area contributed by atoms with Crippen molar-refractivity contribution in [3.8, 4) is 0 Å². The summed E-state index contributed by atoms with van der Waals surface area (Å²) >= 11 is 0. The Labute approximate surface area is 98.0 Å². The Morgan fingerprint density at radius 3 is 2.12 bits per heavy atom. The van der Waals surface area contributed by atoms with Crippen molar-refractivity contribution in [2.45, 2.75) is 38.5 Å². The maximum atomic E-state index is 5.83. The van der Waals surface area contributed by atoms with Crippen molar-refractivity contribution in [1.82, 2.24) is 0 Å². The highest BCUT2D eigenvalue weighted by atomic mass is 14.7. The monoisotopic (exact) mass is 215 g/mol. The van der Waals surface area contributed by atoms with Crippen molar-refractivity contribution >= 4 is 0 Å². The third-order valence-corrected chi connectivity index (χ3v) is 4.65. The van der Waals surface area contributed by atoms with Crippen molar-refractivity contribution in [3.63, 3.8) is 0 Å². The normalized spacial score (nSPS) is 31.4. The molecule has 86 valence electrons.